The second-order valence-electron chi connectivity index (χ2n) is 6.53. The zero-order valence-corrected chi connectivity index (χ0v) is 14.6. The topological polar surface area (TPSA) is 72.7 Å². The number of carbonyl (C=O) groups is 1. The molecule has 0 radical (unpaired) electrons. The Balaban J connectivity index is 2.68. The van der Waals surface area contributed by atoms with E-state index in [2.05, 4.69) is 10.3 Å². The smallest absolute Gasteiger partial charge is 0.300 e. The monoisotopic (exact) mass is 335 g/mol. The average molecular weight is 335 g/mol. The van der Waals surface area contributed by atoms with E-state index in [1.54, 1.807) is 13.1 Å². The first kappa shape index (κ1) is 17.9. The molecular formula is C17H22FN3O3. The predicted octanol–water partition coefficient (Wildman–Crippen LogP) is 1.82. The third-order valence-corrected chi connectivity index (χ3v) is 3.74. The molecule has 2 rings (SSSR count). The Morgan fingerprint density at radius 2 is 2.08 bits per heavy atom. The maximum Gasteiger partial charge on any atom is 0.300 e. The van der Waals surface area contributed by atoms with Crippen LogP contribution in [-0.2, 0) is 16.6 Å². The molecule has 2 heterocycles. The number of ether oxygens (including phenoxy) is 1. The van der Waals surface area contributed by atoms with Crippen LogP contribution in [0.5, 0.6) is 5.75 Å². The molecule has 0 bridgehead atoms. The molecule has 130 valence electrons. The molecule has 0 saturated heterocycles. The molecule has 2 aromatic rings. The van der Waals surface area contributed by atoms with Crippen LogP contribution < -0.4 is 15.6 Å². The van der Waals surface area contributed by atoms with Crippen molar-refractivity contribution in [2.75, 3.05) is 13.7 Å². The van der Waals surface area contributed by atoms with Crippen LogP contribution in [-0.4, -0.2) is 28.9 Å². The number of carbonyl (C=O) groups excluding carboxylic acids is 1. The molecule has 0 unspecified atom stereocenters. The van der Waals surface area contributed by atoms with E-state index in [0.717, 1.165) is 4.40 Å². The molecule has 0 aromatic carbocycles. The molecule has 0 atom stereocenters. The summed E-state index contributed by atoms with van der Waals surface area (Å²) in [4.78, 5) is 28.3. The molecule has 0 aliphatic heterocycles. The van der Waals surface area contributed by atoms with Crippen molar-refractivity contribution in [2.24, 2.45) is 0 Å². The van der Waals surface area contributed by atoms with Gasteiger partial charge in [-0.15, -0.1) is 0 Å². The summed E-state index contributed by atoms with van der Waals surface area (Å²) in [5, 5.41) is 2.41. The number of amides is 1. The van der Waals surface area contributed by atoms with Crippen LogP contribution in [0.25, 0.3) is 5.65 Å². The lowest BCUT2D eigenvalue weighted by atomic mass is 9.88. The summed E-state index contributed by atoms with van der Waals surface area (Å²) < 4.78 is 20.9. The van der Waals surface area contributed by atoms with Gasteiger partial charge in [0.15, 0.2) is 18.1 Å². The van der Waals surface area contributed by atoms with Crippen LogP contribution in [0.15, 0.2) is 17.1 Å². The van der Waals surface area contributed by atoms with Crippen LogP contribution in [0.3, 0.4) is 0 Å². The molecule has 0 fully saturated rings. The number of nitrogens with one attached hydrogen (secondary N) is 1. The Bertz CT molecular complexity index is 838. The highest BCUT2D eigenvalue weighted by Crippen LogP contribution is 2.24. The Morgan fingerprint density at radius 1 is 1.42 bits per heavy atom. The molecule has 0 aliphatic carbocycles. The molecule has 6 nitrogen and oxygen atoms in total. The molecule has 1 N–H and O–H groups in total. The van der Waals surface area contributed by atoms with E-state index in [4.69, 9.17) is 4.74 Å². The highest BCUT2D eigenvalue weighted by Gasteiger charge is 2.21. The SMILES string of the molecule is CCc1nc2c(F)cc(C(C)(C)C)cn2c(=O)c1OCC(=O)NC. The van der Waals surface area contributed by atoms with Crippen LogP contribution in [0.2, 0.25) is 0 Å². The minimum atomic E-state index is -0.563. The summed E-state index contributed by atoms with van der Waals surface area (Å²) >= 11 is 0. The lowest BCUT2D eigenvalue weighted by Crippen LogP contribution is -2.29. The summed E-state index contributed by atoms with van der Waals surface area (Å²) in [7, 11) is 1.48. The largest absolute Gasteiger partial charge is 0.476 e. The molecule has 0 aliphatic rings. The standard InChI is InChI=1S/C17H22FN3O3/c1-6-12-14(24-9-13(22)19-5)16(23)21-8-10(17(2,3)4)7-11(18)15(21)20-12/h7-8H,6,9H2,1-5H3,(H,19,22). The van der Waals surface area contributed by atoms with Crippen molar-refractivity contribution in [1.82, 2.24) is 14.7 Å². The third-order valence-electron chi connectivity index (χ3n) is 3.74. The van der Waals surface area contributed by atoms with Gasteiger partial charge in [0.1, 0.15) is 0 Å². The van der Waals surface area contributed by atoms with Gasteiger partial charge in [0.25, 0.3) is 5.91 Å². The van der Waals surface area contributed by atoms with E-state index in [-0.39, 0.29) is 29.3 Å². The van der Waals surface area contributed by atoms with E-state index in [1.165, 1.54) is 13.1 Å². The van der Waals surface area contributed by atoms with Gasteiger partial charge in [-0.05, 0) is 23.5 Å². The van der Waals surface area contributed by atoms with Crippen molar-refractivity contribution in [1.29, 1.82) is 0 Å². The Kier molecular flexibility index (Phi) is 4.91. The fourth-order valence-electron chi connectivity index (χ4n) is 2.23. The molecule has 2 aromatic heterocycles. The van der Waals surface area contributed by atoms with Crippen molar-refractivity contribution in [3.8, 4) is 5.75 Å². The van der Waals surface area contributed by atoms with E-state index >= 15 is 0 Å². The maximum atomic E-state index is 14.4. The minimum Gasteiger partial charge on any atom is -0.476 e. The fourth-order valence-corrected chi connectivity index (χ4v) is 2.23. The lowest BCUT2D eigenvalue weighted by molar-refractivity contribution is -0.122. The summed E-state index contributed by atoms with van der Waals surface area (Å²) in [6.45, 7) is 7.26. The van der Waals surface area contributed by atoms with Gasteiger partial charge in [-0.3, -0.25) is 14.0 Å². The average Bonchev–Trinajstić information content (AvgIpc) is 2.52. The van der Waals surface area contributed by atoms with Crippen LogP contribution in [0.1, 0.15) is 39.0 Å². The third kappa shape index (κ3) is 3.39. The van der Waals surface area contributed by atoms with Gasteiger partial charge in [-0.25, -0.2) is 9.37 Å². The van der Waals surface area contributed by atoms with Crippen molar-refractivity contribution in [3.63, 3.8) is 0 Å². The second kappa shape index (κ2) is 6.59. The number of fused-ring (bicyclic) bond motifs is 1. The number of nitrogens with zero attached hydrogens (tertiary/aromatic N) is 2. The molecular weight excluding hydrogens is 313 g/mol. The van der Waals surface area contributed by atoms with Gasteiger partial charge >= 0.3 is 5.56 Å². The summed E-state index contributed by atoms with van der Waals surface area (Å²) in [5.41, 5.74) is 0.0909. The number of aromatic nitrogens is 2. The minimum absolute atomic E-state index is 0.0240. The Hall–Kier alpha value is -2.44. The Morgan fingerprint density at radius 3 is 2.62 bits per heavy atom. The van der Waals surface area contributed by atoms with Gasteiger partial charge in [0.05, 0.1) is 5.69 Å². The number of hydrogen-bond donors (Lipinski definition) is 1. The normalized spacial score (nSPS) is 11.6. The number of rotatable bonds is 4. The van der Waals surface area contributed by atoms with Gasteiger partial charge < -0.3 is 10.1 Å². The zero-order valence-electron chi connectivity index (χ0n) is 14.6. The molecule has 0 saturated carbocycles. The molecule has 0 spiro atoms. The highest BCUT2D eigenvalue weighted by atomic mass is 19.1. The number of pyridine rings is 1. The molecule has 7 heteroatoms. The molecule has 24 heavy (non-hydrogen) atoms. The van der Waals surface area contributed by atoms with E-state index < -0.39 is 11.4 Å². The maximum absolute atomic E-state index is 14.4. The summed E-state index contributed by atoms with van der Waals surface area (Å²) in [6.07, 6.45) is 1.95. The number of aryl methyl sites for hydroxylation is 1. The lowest BCUT2D eigenvalue weighted by Gasteiger charge is -2.20. The highest BCUT2D eigenvalue weighted by molar-refractivity contribution is 5.77. The van der Waals surface area contributed by atoms with Crippen LogP contribution in [0.4, 0.5) is 4.39 Å². The van der Waals surface area contributed by atoms with Gasteiger partial charge in [-0.1, -0.05) is 27.7 Å². The second-order valence-corrected chi connectivity index (χ2v) is 6.53. The first-order valence-electron chi connectivity index (χ1n) is 7.77. The number of hydrogen-bond acceptors (Lipinski definition) is 4. The van der Waals surface area contributed by atoms with Crippen LogP contribution >= 0.6 is 0 Å². The first-order chi connectivity index (χ1) is 11.2. The zero-order chi connectivity index (χ0) is 18.1. The van der Waals surface area contributed by atoms with Crippen molar-refractivity contribution in [3.05, 3.63) is 39.7 Å². The van der Waals surface area contributed by atoms with Crippen molar-refractivity contribution in [2.45, 2.75) is 39.5 Å². The van der Waals surface area contributed by atoms with Gasteiger partial charge in [0.2, 0.25) is 5.75 Å². The van der Waals surface area contributed by atoms with E-state index in [9.17, 15) is 14.0 Å². The Labute approximate surface area is 139 Å². The quantitative estimate of drug-likeness (QED) is 0.925. The van der Waals surface area contributed by atoms with Crippen LogP contribution in [0, 0.1) is 5.82 Å². The first-order valence-corrected chi connectivity index (χ1v) is 7.77. The predicted molar refractivity (Wildman–Crippen MR) is 89.1 cm³/mol. The van der Waals surface area contributed by atoms with E-state index in [1.807, 2.05) is 20.8 Å². The van der Waals surface area contributed by atoms with Gasteiger partial charge in [0, 0.05) is 13.2 Å². The van der Waals surface area contributed by atoms with Gasteiger partial charge in [-0.2, -0.15) is 0 Å². The molecule has 1 amide bonds. The fraction of sp³-hybridized carbons (Fsp3) is 0.471. The number of likely N-dealkylation sites (N-methyl/N-ethyl adjacent to an activating group) is 1. The summed E-state index contributed by atoms with van der Waals surface area (Å²) in [5.74, 6) is -0.952. The van der Waals surface area contributed by atoms with Crippen molar-refractivity contribution >= 4 is 11.6 Å². The van der Waals surface area contributed by atoms with Crippen molar-refractivity contribution < 1.29 is 13.9 Å². The van der Waals surface area contributed by atoms with E-state index in [0.29, 0.717) is 17.7 Å². The number of halogens is 1. The summed E-state index contributed by atoms with van der Waals surface area (Å²) in [6, 6.07) is 1.40.